The minimum Gasteiger partial charge on any atom is -0.476 e. The van der Waals surface area contributed by atoms with Gasteiger partial charge in [0.2, 0.25) is 0 Å². The first-order valence-electron chi connectivity index (χ1n) is 6.48. The van der Waals surface area contributed by atoms with Crippen molar-refractivity contribution in [2.24, 2.45) is 0 Å². The van der Waals surface area contributed by atoms with Crippen molar-refractivity contribution in [1.82, 2.24) is 9.78 Å². The van der Waals surface area contributed by atoms with E-state index in [2.05, 4.69) is 21.0 Å². The maximum absolute atomic E-state index is 13.4. The van der Waals surface area contributed by atoms with Gasteiger partial charge in [0.05, 0.1) is 10.7 Å². The molecule has 1 heterocycles. The molecule has 0 amide bonds. The van der Waals surface area contributed by atoms with E-state index in [1.165, 1.54) is 16.8 Å². The maximum atomic E-state index is 13.4. The van der Waals surface area contributed by atoms with Crippen molar-refractivity contribution in [2.45, 2.75) is 25.7 Å². The number of aromatic carboxylic acids is 1. The number of carboxylic acids is 1. The van der Waals surface area contributed by atoms with Crippen LogP contribution in [0.1, 0.15) is 34.6 Å². The summed E-state index contributed by atoms with van der Waals surface area (Å²) < 4.78 is 15.3. The number of rotatable bonds is 2. The van der Waals surface area contributed by atoms with Crippen molar-refractivity contribution in [1.29, 1.82) is 0 Å². The predicted molar refractivity (Wildman–Crippen MR) is 79.8 cm³/mol. The third kappa shape index (κ3) is 2.46. The van der Waals surface area contributed by atoms with Crippen LogP contribution in [-0.2, 0) is 12.8 Å². The summed E-state index contributed by atoms with van der Waals surface area (Å²) in [4.78, 5) is 11.4. The Hall–Kier alpha value is -1.40. The Kier molecular flexibility index (Phi) is 3.75. The summed E-state index contributed by atoms with van der Waals surface area (Å²) >= 11 is 9.40. The van der Waals surface area contributed by atoms with Gasteiger partial charge in [-0.05, 0) is 53.7 Å². The Morgan fingerprint density at radius 3 is 2.76 bits per heavy atom. The van der Waals surface area contributed by atoms with E-state index in [-0.39, 0.29) is 10.7 Å². The van der Waals surface area contributed by atoms with Crippen LogP contribution >= 0.6 is 27.5 Å². The van der Waals surface area contributed by atoms with Gasteiger partial charge in [-0.15, -0.1) is 0 Å². The monoisotopic (exact) mass is 372 g/mol. The lowest BCUT2D eigenvalue weighted by Crippen LogP contribution is -2.09. The van der Waals surface area contributed by atoms with Crippen molar-refractivity contribution in [3.8, 4) is 5.69 Å². The molecule has 1 N–H and O–H groups in total. The van der Waals surface area contributed by atoms with Crippen LogP contribution < -0.4 is 0 Å². The molecule has 0 aliphatic heterocycles. The second-order valence-corrected chi connectivity index (χ2v) is 6.18. The van der Waals surface area contributed by atoms with Gasteiger partial charge in [-0.25, -0.2) is 13.9 Å². The molecule has 0 fully saturated rings. The average molecular weight is 374 g/mol. The van der Waals surface area contributed by atoms with Crippen LogP contribution in [0.15, 0.2) is 16.6 Å². The molecule has 0 atom stereocenters. The van der Waals surface area contributed by atoms with Crippen LogP contribution in [0.2, 0.25) is 5.02 Å². The van der Waals surface area contributed by atoms with Gasteiger partial charge in [-0.1, -0.05) is 11.6 Å². The molecule has 4 nitrogen and oxygen atoms in total. The van der Waals surface area contributed by atoms with Crippen LogP contribution in [0.3, 0.4) is 0 Å². The molecule has 1 aromatic heterocycles. The third-order valence-electron chi connectivity index (χ3n) is 3.58. The van der Waals surface area contributed by atoms with Gasteiger partial charge in [0.25, 0.3) is 0 Å². The summed E-state index contributed by atoms with van der Waals surface area (Å²) in [5.41, 5.74) is 2.12. The van der Waals surface area contributed by atoms with E-state index in [1.807, 2.05) is 0 Å². The highest BCUT2D eigenvalue weighted by atomic mass is 79.9. The fourth-order valence-electron chi connectivity index (χ4n) is 2.69. The van der Waals surface area contributed by atoms with Crippen molar-refractivity contribution < 1.29 is 14.3 Å². The number of fused-ring (bicyclic) bond motifs is 1. The highest BCUT2D eigenvalue weighted by molar-refractivity contribution is 9.10. The lowest BCUT2D eigenvalue weighted by Gasteiger charge is -2.15. The zero-order valence-electron chi connectivity index (χ0n) is 10.9. The van der Waals surface area contributed by atoms with E-state index in [0.29, 0.717) is 16.6 Å². The van der Waals surface area contributed by atoms with Crippen LogP contribution in [0, 0.1) is 5.82 Å². The number of carbonyl (C=O) groups is 1. The van der Waals surface area contributed by atoms with Gasteiger partial charge in [0.15, 0.2) is 5.69 Å². The molecular weight excluding hydrogens is 363 g/mol. The summed E-state index contributed by atoms with van der Waals surface area (Å²) in [6.45, 7) is 0. The van der Waals surface area contributed by atoms with Crippen molar-refractivity contribution in [2.75, 3.05) is 0 Å². The largest absolute Gasteiger partial charge is 0.476 e. The van der Waals surface area contributed by atoms with E-state index in [4.69, 9.17) is 11.6 Å². The van der Waals surface area contributed by atoms with E-state index in [9.17, 15) is 14.3 Å². The molecule has 110 valence electrons. The fraction of sp³-hybridized carbons (Fsp3) is 0.286. The first-order valence-corrected chi connectivity index (χ1v) is 7.65. The molecule has 1 aromatic carbocycles. The Bertz CT molecular complexity index is 722. The van der Waals surface area contributed by atoms with E-state index in [0.717, 1.165) is 30.5 Å². The molecule has 0 bridgehead atoms. The molecular formula is C14H11BrClFN2O2. The summed E-state index contributed by atoms with van der Waals surface area (Å²) in [5.74, 6) is -1.52. The third-order valence-corrected chi connectivity index (χ3v) is 4.47. The number of aromatic nitrogens is 2. The van der Waals surface area contributed by atoms with E-state index in [1.54, 1.807) is 0 Å². The molecule has 0 spiro atoms. The Morgan fingerprint density at radius 2 is 2.10 bits per heavy atom. The summed E-state index contributed by atoms with van der Waals surface area (Å²) in [7, 11) is 0. The standard InChI is InChI=1S/C14H11BrClFN2O2/c15-9-5-7(17)6-10(16)13(9)19-11-4-2-1-3-8(11)12(18-19)14(20)21/h5-6H,1-4H2,(H,20,21). The number of benzene rings is 1. The lowest BCUT2D eigenvalue weighted by molar-refractivity contribution is 0.0688. The SMILES string of the molecule is O=C(O)c1nn(-c2c(Cl)cc(F)cc2Br)c2c1CCCC2. The van der Waals surface area contributed by atoms with Gasteiger partial charge >= 0.3 is 5.97 Å². The van der Waals surface area contributed by atoms with E-state index < -0.39 is 11.8 Å². The zero-order chi connectivity index (χ0) is 15.1. The van der Waals surface area contributed by atoms with Gasteiger partial charge in [0.1, 0.15) is 5.82 Å². The van der Waals surface area contributed by atoms with Crippen LogP contribution in [0.5, 0.6) is 0 Å². The Labute approximate surface area is 133 Å². The highest BCUT2D eigenvalue weighted by Crippen LogP contribution is 2.34. The zero-order valence-corrected chi connectivity index (χ0v) is 13.2. The summed E-state index contributed by atoms with van der Waals surface area (Å²) in [6, 6.07) is 2.48. The van der Waals surface area contributed by atoms with Crippen LogP contribution in [0.4, 0.5) is 4.39 Å². The van der Waals surface area contributed by atoms with Crippen molar-refractivity contribution >= 4 is 33.5 Å². The molecule has 1 aliphatic rings. The minimum absolute atomic E-state index is 0.0528. The lowest BCUT2D eigenvalue weighted by atomic mass is 9.95. The molecule has 1 aliphatic carbocycles. The van der Waals surface area contributed by atoms with Gasteiger partial charge in [-0.2, -0.15) is 5.10 Å². The average Bonchev–Trinajstić information content (AvgIpc) is 2.78. The second kappa shape index (κ2) is 5.42. The van der Waals surface area contributed by atoms with Gasteiger partial charge in [-0.3, -0.25) is 0 Å². The number of hydrogen-bond acceptors (Lipinski definition) is 2. The molecule has 0 saturated carbocycles. The first kappa shape index (κ1) is 14.5. The van der Waals surface area contributed by atoms with Crippen LogP contribution in [-0.4, -0.2) is 20.9 Å². The topological polar surface area (TPSA) is 55.1 Å². The smallest absolute Gasteiger partial charge is 0.356 e. The molecule has 0 unspecified atom stereocenters. The van der Waals surface area contributed by atoms with Gasteiger partial charge in [0, 0.05) is 15.7 Å². The maximum Gasteiger partial charge on any atom is 0.356 e. The van der Waals surface area contributed by atoms with E-state index >= 15 is 0 Å². The quantitative estimate of drug-likeness (QED) is 0.865. The first-order chi connectivity index (χ1) is 9.99. The molecule has 0 radical (unpaired) electrons. The Morgan fingerprint density at radius 1 is 1.38 bits per heavy atom. The second-order valence-electron chi connectivity index (χ2n) is 4.92. The van der Waals surface area contributed by atoms with Crippen molar-refractivity contribution in [3.63, 3.8) is 0 Å². The fourth-order valence-corrected chi connectivity index (χ4v) is 3.69. The molecule has 7 heteroatoms. The van der Waals surface area contributed by atoms with Gasteiger partial charge < -0.3 is 5.11 Å². The molecule has 21 heavy (non-hydrogen) atoms. The highest BCUT2D eigenvalue weighted by Gasteiger charge is 2.27. The number of carboxylic acid groups (broad SMARTS) is 1. The number of halogens is 3. The molecule has 2 aromatic rings. The minimum atomic E-state index is -1.05. The number of hydrogen-bond donors (Lipinski definition) is 1. The number of nitrogens with zero attached hydrogens (tertiary/aromatic N) is 2. The summed E-state index contributed by atoms with van der Waals surface area (Å²) in [5, 5.41) is 13.7. The molecule has 0 saturated heterocycles. The summed E-state index contributed by atoms with van der Waals surface area (Å²) in [6.07, 6.45) is 3.33. The van der Waals surface area contributed by atoms with Crippen LogP contribution in [0.25, 0.3) is 5.69 Å². The predicted octanol–water partition coefficient (Wildman–Crippen LogP) is 4.00. The van der Waals surface area contributed by atoms with Crippen molar-refractivity contribution in [3.05, 3.63) is 44.4 Å². The normalized spacial score (nSPS) is 14.0. The Balaban J connectivity index is 2.26. The molecule has 3 rings (SSSR count).